The molecule has 0 radical (unpaired) electrons. The van der Waals surface area contributed by atoms with Crippen molar-refractivity contribution in [3.63, 3.8) is 0 Å². The molecule has 2 aromatic rings. The largest absolute Gasteiger partial charge is 0.321 e. The lowest BCUT2D eigenvalue weighted by molar-refractivity contribution is 0.102. The van der Waals surface area contributed by atoms with Gasteiger partial charge in [0.25, 0.3) is 5.91 Å². The zero-order valence-electron chi connectivity index (χ0n) is 9.76. The minimum absolute atomic E-state index is 0.182. The smallest absolute Gasteiger partial charge is 0.256 e. The van der Waals surface area contributed by atoms with E-state index in [1.54, 1.807) is 11.4 Å². The number of thiophene rings is 1. The lowest BCUT2D eigenvalue weighted by Crippen LogP contribution is -2.18. The van der Waals surface area contributed by atoms with E-state index < -0.39 is 21.7 Å². The van der Waals surface area contributed by atoms with E-state index in [-0.39, 0.29) is 10.6 Å². The number of rotatable bonds is 3. The second-order valence-electron chi connectivity index (χ2n) is 3.78. The van der Waals surface area contributed by atoms with Crippen molar-refractivity contribution in [1.29, 1.82) is 0 Å². The van der Waals surface area contributed by atoms with Crippen LogP contribution in [0.1, 0.15) is 10.4 Å². The highest BCUT2D eigenvalue weighted by atomic mass is 127. The molecule has 0 atom stereocenters. The van der Waals surface area contributed by atoms with Crippen molar-refractivity contribution in [1.82, 2.24) is 0 Å². The molecular weight excluding hydrogens is 418 g/mol. The van der Waals surface area contributed by atoms with Gasteiger partial charge in [0, 0.05) is 5.38 Å². The zero-order chi connectivity index (χ0) is 14.9. The summed E-state index contributed by atoms with van der Waals surface area (Å²) in [6.45, 7) is 0. The number of benzene rings is 1. The highest BCUT2D eigenvalue weighted by Crippen LogP contribution is 2.23. The van der Waals surface area contributed by atoms with E-state index in [0.29, 0.717) is 5.56 Å². The first-order chi connectivity index (χ1) is 9.27. The molecule has 0 spiro atoms. The van der Waals surface area contributed by atoms with E-state index in [1.165, 1.54) is 11.3 Å². The Morgan fingerprint density at radius 3 is 2.60 bits per heavy atom. The summed E-state index contributed by atoms with van der Waals surface area (Å²) in [5.41, 5.74) is 0.183. The van der Waals surface area contributed by atoms with Crippen molar-refractivity contribution < 1.29 is 17.6 Å². The van der Waals surface area contributed by atoms with Gasteiger partial charge in [-0.2, -0.15) is 0 Å². The minimum atomic E-state index is -4.05. The number of amides is 1. The SMILES string of the molecule is NS(=O)(=O)c1ccc(F)cc1NC(=O)c1csc(I)c1. The summed E-state index contributed by atoms with van der Waals surface area (Å²) in [4.78, 5) is 11.6. The van der Waals surface area contributed by atoms with Crippen molar-refractivity contribution >= 4 is 55.5 Å². The summed E-state index contributed by atoms with van der Waals surface area (Å²) >= 11 is 3.42. The van der Waals surface area contributed by atoms with Crippen molar-refractivity contribution in [2.24, 2.45) is 5.14 Å². The molecule has 1 amide bonds. The molecule has 0 bridgehead atoms. The van der Waals surface area contributed by atoms with Gasteiger partial charge in [0.1, 0.15) is 10.7 Å². The van der Waals surface area contributed by atoms with Gasteiger partial charge in [0.05, 0.1) is 14.1 Å². The molecule has 1 aromatic carbocycles. The number of carbonyl (C=O) groups is 1. The number of hydrogen-bond donors (Lipinski definition) is 2. The topological polar surface area (TPSA) is 89.3 Å². The summed E-state index contributed by atoms with van der Waals surface area (Å²) in [5, 5.41) is 9.00. The fourth-order valence-corrected chi connectivity index (χ4v) is 3.47. The molecule has 20 heavy (non-hydrogen) atoms. The van der Waals surface area contributed by atoms with Crippen molar-refractivity contribution in [3.8, 4) is 0 Å². The average Bonchev–Trinajstić information content (AvgIpc) is 2.74. The van der Waals surface area contributed by atoms with Gasteiger partial charge in [-0.25, -0.2) is 17.9 Å². The van der Waals surface area contributed by atoms with Gasteiger partial charge in [-0.3, -0.25) is 4.79 Å². The van der Waals surface area contributed by atoms with E-state index in [9.17, 15) is 17.6 Å². The number of carbonyl (C=O) groups excluding carboxylic acids is 1. The minimum Gasteiger partial charge on any atom is -0.321 e. The van der Waals surface area contributed by atoms with Gasteiger partial charge >= 0.3 is 0 Å². The quantitative estimate of drug-likeness (QED) is 0.739. The van der Waals surface area contributed by atoms with Crippen LogP contribution in [0, 0.1) is 8.70 Å². The van der Waals surface area contributed by atoms with Gasteiger partial charge in [-0.15, -0.1) is 11.3 Å². The highest BCUT2D eigenvalue weighted by Gasteiger charge is 2.17. The Hall–Kier alpha value is -1.04. The molecule has 5 nitrogen and oxygen atoms in total. The van der Waals surface area contributed by atoms with Gasteiger partial charge in [0.15, 0.2) is 0 Å². The molecule has 2 rings (SSSR count). The zero-order valence-corrected chi connectivity index (χ0v) is 13.6. The van der Waals surface area contributed by atoms with Crippen LogP contribution in [0.3, 0.4) is 0 Å². The fourth-order valence-electron chi connectivity index (χ4n) is 1.47. The van der Waals surface area contributed by atoms with E-state index >= 15 is 0 Å². The monoisotopic (exact) mass is 426 g/mol. The molecule has 0 fully saturated rings. The van der Waals surface area contributed by atoms with Crippen LogP contribution in [0.2, 0.25) is 0 Å². The first-order valence-electron chi connectivity index (χ1n) is 5.15. The van der Waals surface area contributed by atoms with Gasteiger partial charge < -0.3 is 5.32 Å². The summed E-state index contributed by atoms with van der Waals surface area (Å²) in [5.74, 6) is -1.20. The standard InChI is InChI=1S/C11H8FIN2O3S2/c12-7-1-2-9(20(14,17)18)8(4-7)15-11(16)6-3-10(13)19-5-6/h1-5H,(H,15,16)(H2,14,17,18). The molecule has 1 aromatic heterocycles. The Labute approximate surface area is 132 Å². The van der Waals surface area contributed by atoms with E-state index in [0.717, 1.165) is 21.1 Å². The molecular formula is C11H8FIN2O3S2. The summed E-state index contributed by atoms with van der Waals surface area (Å²) in [6.07, 6.45) is 0. The Bertz CT molecular complexity index is 774. The third-order valence-electron chi connectivity index (χ3n) is 2.33. The molecule has 0 saturated heterocycles. The van der Waals surface area contributed by atoms with Gasteiger partial charge in [-0.05, 0) is 46.9 Å². The first-order valence-corrected chi connectivity index (χ1v) is 8.65. The fraction of sp³-hybridized carbons (Fsp3) is 0. The van der Waals surface area contributed by atoms with Crippen LogP contribution in [0.15, 0.2) is 34.5 Å². The van der Waals surface area contributed by atoms with Crippen LogP contribution >= 0.6 is 33.9 Å². The molecule has 3 N–H and O–H groups in total. The lowest BCUT2D eigenvalue weighted by atomic mass is 10.2. The highest BCUT2D eigenvalue weighted by molar-refractivity contribution is 14.1. The van der Waals surface area contributed by atoms with Crippen LogP contribution < -0.4 is 10.5 Å². The number of anilines is 1. The number of nitrogens with two attached hydrogens (primary N) is 1. The maximum atomic E-state index is 13.2. The predicted octanol–water partition coefficient (Wildman–Crippen LogP) is 2.39. The molecule has 9 heteroatoms. The number of primary sulfonamides is 1. The molecule has 0 aliphatic carbocycles. The van der Waals surface area contributed by atoms with Gasteiger partial charge in [-0.1, -0.05) is 0 Å². The summed E-state index contributed by atoms with van der Waals surface area (Å²) in [6, 6.07) is 4.52. The van der Waals surface area contributed by atoms with Crippen molar-refractivity contribution in [3.05, 3.63) is 43.9 Å². The molecule has 0 aliphatic rings. The van der Waals surface area contributed by atoms with Crippen molar-refractivity contribution in [2.45, 2.75) is 4.90 Å². The number of hydrogen-bond acceptors (Lipinski definition) is 4. The summed E-state index contributed by atoms with van der Waals surface area (Å²) < 4.78 is 36.9. The van der Waals surface area contributed by atoms with E-state index in [1.807, 2.05) is 0 Å². The van der Waals surface area contributed by atoms with Crippen LogP contribution in [0.25, 0.3) is 0 Å². The average molecular weight is 426 g/mol. The van der Waals surface area contributed by atoms with Crippen molar-refractivity contribution in [2.75, 3.05) is 5.32 Å². The second-order valence-corrected chi connectivity index (χ2v) is 8.11. The van der Waals surface area contributed by atoms with E-state index in [2.05, 4.69) is 27.9 Å². The van der Waals surface area contributed by atoms with Crippen LogP contribution in [0.4, 0.5) is 10.1 Å². The lowest BCUT2D eigenvalue weighted by Gasteiger charge is -2.09. The normalized spacial score (nSPS) is 11.3. The third kappa shape index (κ3) is 3.53. The molecule has 0 unspecified atom stereocenters. The Balaban J connectivity index is 2.38. The second kappa shape index (κ2) is 5.76. The Kier molecular flexibility index (Phi) is 4.42. The van der Waals surface area contributed by atoms with E-state index in [4.69, 9.17) is 5.14 Å². The Morgan fingerprint density at radius 1 is 1.35 bits per heavy atom. The van der Waals surface area contributed by atoms with Crippen LogP contribution in [-0.2, 0) is 10.0 Å². The number of nitrogens with one attached hydrogen (secondary N) is 1. The summed E-state index contributed by atoms with van der Waals surface area (Å²) in [7, 11) is -4.05. The first kappa shape index (κ1) is 15.4. The number of sulfonamides is 1. The molecule has 1 heterocycles. The number of halogens is 2. The van der Waals surface area contributed by atoms with Gasteiger partial charge in [0.2, 0.25) is 10.0 Å². The predicted molar refractivity (Wildman–Crippen MR) is 82.8 cm³/mol. The third-order valence-corrected chi connectivity index (χ3v) is 5.08. The molecule has 0 saturated carbocycles. The van der Waals surface area contributed by atoms with Crippen LogP contribution in [0.5, 0.6) is 0 Å². The van der Waals surface area contributed by atoms with Crippen LogP contribution in [-0.4, -0.2) is 14.3 Å². The maximum absolute atomic E-state index is 13.2. The Morgan fingerprint density at radius 2 is 2.05 bits per heavy atom. The molecule has 0 aliphatic heterocycles. The maximum Gasteiger partial charge on any atom is 0.256 e. The molecule has 106 valence electrons.